The average Bonchev–Trinajstić information content (AvgIpc) is 3.78. The highest BCUT2D eigenvalue weighted by molar-refractivity contribution is 5.93. The van der Waals surface area contributed by atoms with Crippen molar-refractivity contribution in [3.63, 3.8) is 0 Å². The van der Waals surface area contributed by atoms with E-state index in [9.17, 15) is 24.3 Å². The third-order valence-electron chi connectivity index (χ3n) is 9.31. The Hall–Kier alpha value is -5.11. The van der Waals surface area contributed by atoms with Crippen molar-refractivity contribution in [1.29, 1.82) is 0 Å². The van der Waals surface area contributed by atoms with E-state index in [0.717, 1.165) is 5.56 Å². The van der Waals surface area contributed by atoms with Gasteiger partial charge in [0.25, 0.3) is 0 Å². The number of aliphatic carboxylic acids is 1. The maximum atomic E-state index is 13.4. The minimum Gasteiger partial charge on any atom is -0.480 e. The summed E-state index contributed by atoms with van der Waals surface area (Å²) in [6.07, 6.45) is -1.24. The topological polar surface area (TPSA) is 218 Å². The number of carbonyl (C=O) groups is 4. The van der Waals surface area contributed by atoms with Gasteiger partial charge in [0.05, 0.1) is 6.33 Å². The molecule has 0 unspecified atom stereocenters. The standard InChI is InChI=1S/C42H62N8O11/c1-39(2,3)59-36(53)46-27(35(51)52)18-21-48(19-15-20-49(38(55)61-41(7,8)9)22-26-16-13-12-14-17-26)23-28-30-31(58-42(10,11)57-30)34(56-28)50-25-45-29-32(43-24-44-33(29)50)47-37(54)60-40(4,5)6/h12-14,16-17,24-25,27-28,30-31,34H,15,18-23H2,1-11H3,(H,46,53)(H,51,52)(H,43,44,47,54)/t27-,28+,30+,31+,34+/m0/s1. The third-order valence-corrected chi connectivity index (χ3v) is 9.31. The second kappa shape index (κ2) is 18.9. The maximum Gasteiger partial charge on any atom is 0.413 e. The molecule has 0 radical (unpaired) electrons. The summed E-state index contributed by atoms with van der Waals surface area (Å²) in [7, 11) is 0. The first-order valence-electron chi connectivity index (χ1n) is 20.5. The van der Waals surface area contributed by atoms with Crippen LogP contribution in [0.3, 0.4) is 0 Å². The molecule has 5 atom stereocenters. The second-order valence-electron chi connectivity index (χ2n) is 18.7. The minimum absolute atomic E-state index is 0.0258. The molecule has 2 aliphatic rings. The van der Waals surface area contributed by atoms with Crippen LogP contribution in [0.15, 0.2) is 43.0 Å². The molecule has 4 heterocycles. The average molecular weight is 855 g/mol. The summed E-state index contributed by atoms with van der Waals surface area (Å²) in [5, 5.41) is 15.3. The Morgan fingerprint density at radius 1 is 0.852 bits per heavy atom. The van der Waals surface area contributed by atoms with Gasteiger partial charge >= 0.3 is 24.2 Å². The molecule has 0 bridgehead atoms. The van der Waals surface area contributed by atoms with Crippen LogP contribution in [0.5, 0.6) is 0 Å². The summed E-state index contributed by atoms with van der Waals surface area (Å²) in [6, 6.07) is 8.35. The van der Waals surface area contributed by atoms with Crippen molar-refractivity contribution in [2.24, 2.45) is 0 Å². The Balaban J connectivity index is 1.39. The first-order valence-corrected chi connectivity index (χ1v) is 20.5. The number of ether oxygens (including phenoxy) is 6. The van der Waals surface area contributed by atoms with Crippen LogP contribution in [0, 0.1) is 0 Å². The van der Waals surface area contributed by atoms with Gasteiger partial charge in [0.15, 0.2) is 29.0 Å². The molecule has 2 aromatic heterocycles. The number of imidazole rings is 1. The molecule has 3 amide bonds. The summed E-state index contributed by atoms with van der Waals surface area (Å²) < 4.78 is 37.8. The van der Waals surface area contributed by atoms with E-state index in [1.807, 2.05) is 69.9 Å². The van der Waals surface area contributed by atoms with E-state index >= 15 is 0 Å². The smallest absolute Gasteiger partial charge is 0.413 e. The van der Waals surface area contributed by atoms with Crippen molar-refractivity contribution >= 4 is 41.2 Å². The van der Waals surface area contributed by atoms with Gasteiger partial charge in [-0.3, -0.25) is 9.88 Å². The highest BCUT2D eigenvalue weighted by Crippen LogP contribution is 2.44. The number of carbonyl (C=O) groups excluding carboxylic acids is 3. The van der Waals surface area contributed by atoms with Crippen LogP contribution in [-0.2, 0) is 39.8 Å². The predicted octanol–water partition coefficient (Wildman–Crippen LogP) is 6.09. The SMILES string of the molecule is CC(C)(C)OC(=O)Nc1ncnc2c1ncn2[C@@H]1O[C@H](CN(CCCN(Cc2ccccc2)C(=O)OC(C)(C)C)CC[C@H](NC(=O)OC(C)(C)C)C(=O)O)[C@H]2OC(C)(C)O[C@H]21. The lowest BCUT2D eigenvalue weighted by Gasteiger charge is -2.31. The van der Waals surface area contributed by atoms with E-state index in [4.69, 9.17) is 28.4 Å². The lowest BCUT2D eigenvalue weighted by Crippen LogP contribution is -2.47. The number of fused-ring (bicyclic) bond motifs is 2. The van der Waals surface area contributed by atoms with Gasteiger partial charge in [-0.1, -0.05) is 30.3 Å². The first kappa shape index (κ1) is 46.9. The monoisotopic (exact) mass is 854 g/mol. The number of carboxylic acids is 1. The number of hydrogen-bond donors (Lipinski definition) is 3. The summed E-state index contributed by atoms with van der Waals surface area (Å²) in [6.45, 7) is 20.9. The van der Waals surface area contributed by atoms with Crippen molar-refractivity contribution in [2.45, 2.75) is 149 Å². The number of hydrogen-bond acceptors (Lipinski definition) is 14. The zero-order valence-corrected chi connectivity index (χ0v) is 37.1. The molecule has 19 heteroatoms. The molecule has 5 rings (SSSR count). The van der Waals surface area contributed by atoms with Crippen molar-refractivity contribution in [1.82, 2.24) is 34.6 Å². The molecule has 0 saturated carbocycles. The molecule has 19 nitrogen and oxygen atoms in total. The number of amides is 3. The summed E-state index contributed by atoms with van der Waals surface area (Å²) in [4.78, 5) is 68.0. The number of nitrogens with zero attached hydrogens (tertiary/aromatic N) is 6. The van der Waals surface area contributed by atoms with Crippen LogP contribution in [-0.4, -0.2) is 132 Å². The number of nitrogens with one attached hydrogen (secondary N) is 2. The molecule has 2 aliphatic heterocycles. The van der Waals surface area contributed by atoms with Gasteiger partial charge in [-0.15, -0.1) is 0 Å². The fourth-order valence-corrected chi connectivity index (χ4v) is 6.98. The van der Waals surface area contributed by atoms with E-state index in [1.165, 1.54) is 12.7 Å². The number of carboxylic acid groups (broad SMARTS) is 1. The van der Waals surface area contributed by atoms with Crippen LogP contribution >= 0.6 is 0 Å². The highest BCUT2D eigenvalue weighted by atomic mass is 16.8. The zero-order chi connectivity index (χ0) is 44.9. The Kier molecular flexibility index (Phi) is 14.5. The molecule has 3 aromatic rings. The van der Waals surface area contributed by atoms with Gasteiger partial charge in [-0.05, 0) is 101 Å². The summed E-state index contributed by atoms with van der Waals surface area (Å²) in [5.41, 5.74) is -0.664. The van der Waals surface area contributed by atoms with Crippen LogP contribution in [0.4, 0.5) is 20.2 Å². The zero-order valence-electron chi connectivity index (χ0n) is 37.1. The number of anilines is 1. The van der Waals surface area contributed by atoms with Crippen LogP contribution in [0.2, 0.25) is 0 Å². The minimum atomic E-state index is -1.26. The number of rotatable bonds is 15. The molecular weight excluding hydrogens is 793 g/mol. The fourth-order valence-electron chi connectivity index (χ4n) is 6.98. The summed E-state index contributed by atoms with van der Waals surface area (Å²) in [5.74, 6) is -2.04. The maximum absolute atomic E-state index is 13.4. The Bertz CT molecular complexity index is 1990. The summed E-state index contributed by atoms with van der Waals surface area (Å²) >= 11 is 0. The van der Waals surface area contributed by atoms with Crippen LogP contribution < -0.4 is 10.6 Å². The number of aromatic nitrogens is 4. The predicted molar refractivity (Wildman–Crippen MR) is 222 cm³/mol. The quantitative estimate of drug-likeness (QED) is 0.147. The van der Waals surface area contributed by atoms with E-state index in [2.05, 4.69) is 25.6 Å². The number of benzene rings is 1. The van der Waals surface area contributed by atoms with Crippen molar-refractivity contribution in [3.05, 3.63) is 48.5 Å². The van der Waals surface area contributed by atoms with E-state index in [1.54, 1.807) is 51.0 Å². The van der Waals surface area contributed by atoms with Crippen molar-refractivity contribution in [2.75, 3.05) is 31.5 Å². The Morgan fingerprint density at radius 2 is 1.49 bits per heavy atom. The van der Waals surface area contributed by atoms with Crippen molar-refractivity contribution in [3.8, 4) is 0 Å². The first-order chi connectivity index (χ1) is 28.4. The normalized spacial score (nSPS) is 20.5. The van der Waals surface area contributed by atoms with Gasteiger partial charge in [0.2, 0.25) is 0 Å². The molecule has 336 valence electrons. The van der Waals surface area contributed by atoms with E-state index in [-0.39, 0.29) is 25.3 Å². The molecule has 0 aliphatic carbocycles. The largest absolute Gasteiger partial charge is 0.480 e. The van der Waals surface area contributed by atoms with Gasteiger partial charge in [-0.25, -0.2) is 34.1 Å². The molecule has 0 spiro atoms. The van der Waals surface area contributed by atoms with Crippen molar-refractivity contribution < 1.29 is 52.7 Å². The third kappa shape index (κ3) is 13.7. The molecule has 2 saturated heterocycles. The Labute approximate surface area is 356 Å². The van der Waals surface area contributed by atoms with E-state index in [0.29, 0.717) is 37.2 Å². The lowest BCUT2D eigenvalue weighted by atomic mass is 10.1. The fraction of sp³-hybridized carbons (Fsp3) is 0.643. The molecule has 2 fully saturated rings. The molecule has 61 heavy (non-hydrogen) atoms. The lowest BCUT2D eigenvalue weighted by molar-refractivity contribution is -0.198. The van der Waals surface area contributed by atoms with Crippen LogP contribution in [0.25, 0.3) is 11.2 Å². The highest BCUT2D eigenvalue weighted by Gasteiger charge is 2.56. The number of alkyl carbamates (subject to hydrolysis) is 1. The Morgan fingerprint density at radius 3 is 2.13 bits per heavy atom. The van der Waals surface area contributed by atoms with Gasteiger partial charge < -0.3 is 48.6 Å². The van der Waals surface area contributed by atoms with Crippen LogP contribution in [0.1, 0.15) is 101 Å². The van der Waals surface area contributed by atoms with Gasteiger partial charge in [-0.2, -0.15) is 0 Å². The second-order valence-corrected chi connectivity index (χ2v) is 18.7. The molecule has 3 N–H and O–H groups in total. The van der Waals surface area contributed by atoms with Gasteiger partial charge in [0.1, 0.15) is 47.5 Å². The van der Waals surface area contributed by atoms with E-state index < -0.39 is 77.4 Å². The molecular formula is C42H62N8O11. The molecule has 1 aromatic carbocycles. The van der Waals surface area contributed by atoms with Gasteiger partial charge in [0, 0.05) is 26.2 Å².